The van der Waals surface area contributed by atoms with Crippen LogP contribution in [0.5, 0.6) is 0 Å². The van der Waals surface area contributed by atoms with Crippen molar-refractivity contribution >= 4 is 29.6 Å². The van der Waals surface area contributed by atoms with Gasteiger partial charge in [0.25, 0.3) is 11.8 Å². The first-order valence-electron chi connectivity index (χ1n) is 5.44. The first-order chi connectivity index (χ1) is 9.51. The number of aliphatic imine (C=N–C) groups is 1. The normalized spacial score (nSPS) is 14.8. The van der Waals surface area contributed by atoms with Crippen molar-refractivity contribution in [2.45, 2.75) is 6.04 Å². The van der Waals surface area contributed by atoms with Crippen LogP contribution in [0, 0.1) is 0 Å². The Labute approximate surface area is 112 Å². The molecule has 0 fully saturated rings. The van der Waals surface area contributed by atoms with Gasteiger partial charge in [-0.2, -0.15) is 4.99 Å². The Morgan fingerprint density at radius 1 is 1.30 bits per heavy atom. The summed E-state index contributed by atoms with van der Waals surface area (Å²) < 4.78 is 0. The summed E-state index contributed by atoms with van der Waals surface area (Å²) in [6.07, 6.45) is 1.30. The van der Waals surface area contributed by atoms with Gasteiger partial charge in [-0.3, -0.25) is 14.5 Å². The van der Waals surface area contributed by atoms with Crippen molar-refractivity contribution < 1.29 is 29.4 Å². The number of fused-ring (bicyclic) bond motifs is 1. The maximum atomic E-state index is 12.1. The number of isocyanates is 1. The van der Waals surface area contributed by atoms with Crippen molar-refractivity contribution in [3.63, 3.8) is 0 Å². The highest BCUT2D eigenvalue weighted by Gasteiger charge is 2.42. The second kappa shape index (κ2) is 5.04. The Balaban J connectivity index is 2.49. The monoisotopic (exact) mass is 276 g/mol. The zero-order valence-corrected chi connectivity index (χ0v) is 9.94. The molecule has 20 heavy (non-hydrogen) atoms. The largest absolute Gasteiger partial charge is 0.480 e. The average Bonchev–Trinajstić information content (AvgIpc) is 2.65. The third kappa shape index (κ3) is 1.99. The number of hydrogen-bond acceptors (Lipinski definition) is 6. The molecule has 0 saturated carbocycles. The van der Waals surface area contributed by atoms with Crippen molar-refractivity contribution in [1.82, 2.24) is 4.90 Å². The molecular weight excluding hydrogens is 268 g/mol. The number of imide groups is 1. The summed E-state index contributed by atoms with van der Waals surface area (Å²) in [7, 11) is 0. The van der Waals surface area contributed by atoms with Crippen molar-refractivity contribution in [3.05, 3.63) is 29.3 Å². The summed E-state index contributed by atoms with van der Waals surface area (Å²) in [5, 5.41) is 17.9. The molecule has 102 valence electrons. The molecule has 1 atom stereocenters. The number of amides is 2. The number of benzene rings is 1. The lowest BCUT2D eigenvalue weighted by molar-refractivity contribution is -0.142. The number of nitrogens with zero attached hydrogens (tertiary/aromatic N) is 2. The van der Waals surface area contributed by atoms with Crippen LogP contribution in [0.2, 0.25) is 0 Å². The van der Waals surface area contributed by atoms with Crippen molar-refractivity contribution in [3.8, 4) is 0 Å². The van der Waals surface area contributed by atoms with Gasteiger partial charge in [0.2, 0.25) is 6.08 Å². The van der Waals surface area contributed by atoms with Gasteiger partial charge in [-0.25, -0.2) is 9.59 Å². The molecule has 1 heterocycles. The van der Waals surface area contributed by atoms with E-state index in [2.05, 4.69) is 4.99 Å². The first kappa shape index (κ1) is 13.6. The van der Waals surface area contributed by atoms with Crippen LogP contribution in [-0.2, 0) is 9.59 Å². The molecule has 1 aromatic rings. The minimum absolute atomic E-state index is 0.000418. The van der Waals surface area contributed by atoms with Gasteiger partial charge in [-0.05, 0) is 18.2 Å². The molecule has 0 spiro atoms. The molecule has 1 aromatic carbocycles. The second-order valence-electron chi connectivity index (χ2n) is 3.95. The van der Waals surface area contributed by atoms with E-state index in [9.17, 15) is 19.2 Å². The fourth-order valence-corrected chi connectivity index (χ4v) is 1.92. The molecule has 0 bridgehead atoms. The van der Waals surface area contributed by atoms with Crippen LogP contribution in [0.25, 0.3) is 0 Å². The van der Waals surface area contributed by atoms with E-state index in [1.807, 2.05) is 0 Å². The van der Waals surface area contributed by atoms with E-state index in [0.717, 1.165) is 0 Å². The van der Waals surface area contributed by atoms with Gasteiger partial charge in [0.1, 0.15) is 0 Å². The Morgan fingerprint density at radius 3 is 2.50 bits per heavy atom. The minimum Gasteiger partial charge on any atom is -0.480 e. The van der Waals surface area contributed by atoms with Crippen molar-refractivity contribution in [2.75, 3.05) is 6.61 Å². The number of carboxylic acid groups (broad SMARTS) is 1. The number of aliphatic carboxylic acids is 1. The fraction of sp³-hybridized carbons (Fsp3) is 0.167. The number of hydrogen-bond donors (Lipinski definition) is 2. The molecule has 0 aromatic heterocycles. The lowest BCUT2D eigenvalue weighted by Crippen LogP contribution is -2.47. The zero-order valence-electron chi connectivity index (χ0n) is 9.94. The lowest BCUT2D eigenvalue weighted by atomic mass is 10.1. The SMILES string of the molecule is O=C=Nc1ccc2c(c1)C(=O)N(C(CO)C(=O)O)C2=O. The molecule has 0 radical (unpaired) electrons. The highest BCUT2D eigenvalue weighted by Crippen LogP contribution is 2.28. The maximum absolute atomic E-state index is 12.1. The van der Waals surface area contributed by atoms with Gasteiger partial charge in [-0.1, -0.05) is 0 Å². The molecule has 8 heteroatoms. The Kier molecular flexibility index (Phi) is 3.43. The number of carbonyl (C=O) groups excluding carboxylic acids is 3. The second-order valence-corrected chi connectivity index (χ2v) is 3.95. The van der Waals surface area contributed by atoms with E-state index in [-0.39, 0.29) is 16.8 Å². The predicted octanol–water partition coefficient (Wildman–Crippen LogP) is -0.305. The molecule has 0 saturated heterocycles. The molecular formula is C12H8N2O6. The van der Waals surface area contributed by atoms with Gasteiger partial charge in [0, 0.05) is 0 Å². The van der Waals surface area contributed by atoms with Gasteiger partial charge < -0.3 is 10.2 Å². The topological polar surface area (TPSA) is 124 Å². The standard InChI is InChI=1S/C12H8N2O6/c15-4-9(12(19)20)14-10(17)7-2-1-6(13-5-16)3-8(7)11(14)18/h1-3,9,15H,4H2,(H,19,20). The summed E-state index contributed by atoms with van der Waals surface area (Å²) in [5.41, 5.74) is 0.0587. The summed E-state index contributed by atoms with van der Waals surface area (Å²) in [6.45, 7) is -0.889. The lowest BCUT2D eigenvalue weighted by Gasteiger charge is -2.20. The van der Waals surface area contributed by atoms with Crippen LogP contribution in [0.15, 0.2) is 23.2 Å². The Hall–Kier alpha value is -2.83. The van der Waals surface area contributed by atoms with E-state index >= 15 is 0 Å². The molecule has 1 unspecified atom stereocenters. The van der Waals surface area contributed by atoms with Gasteiger partial charge in [-0.15, -0.1) is 0 Å². The number of aliphatic hydroxyl groups is 1. The van der Waals surface area contributed by atoms with Crippen LogP contribution >= 0.6 is 0 Å². The van der Waals surface area contributed by atoms with Crippen LogP contribution < -0.4 is 0 Å². The van der Waals surface area contributed by atoms with E-state index < -0.39 is 30.4 Å². The number of carbonyl (C=O) groups is 3. The fourth-order valence-electron chi connectivity index (χ4n) is 1.92. The van der Waals surface area contributed by atoms with Gasteiger partial charge >= 0.3 is 5.97 Å². The number of carboxylic acids is 1. The predicted molar refractivity (Wildman–Crippen MR) is 63.2 cm³/mol. The van der Waals surface area contributed by atoms with Gasteiger partial charge in [0.05, 0.1) is 23.4 Å². The maximum Gasteiger partial charge on any atom is 0.329 e. The molecule has 1 aliphatic heterocycles. The summed E-state index contributed by atoms with van der Waals surface area (Å²) >= 11 is 0. The zero-order chi connectivity index (χ0) is 14.9. The molecule has 2 rings (SSSR count). The Morgan fingerprint density at radius 2 is 1.95 bits per heavy atom. The van der Waals surface area contributed by atoms with Crippen molar-refractivity contribution in [1.29, 1.82) is 0 Å². The summed E-state index contributed by atoms with van der Waals surface area (Å²) in [4.78, 5) is 49.0. The minimum atomic E-state index is -1.65. The van der Waals surface area contributed by atoms with Gasteiger partial charge in [0.15, 0.2) is 6.04 Å². The summed E-state index contributed by atoms with van der Waals surface area (Å²) in [5.74, 6) is -3.16. The van der Waals surface area contributed by atoms with Crippen LogP contribution in [-0.4, -0.2) is 51.6 Å². The molecule has 8 nitrogen and oxygen atoms in total. The number of rotatable bonds is 4. The Bertz CT molecular complexity index is 662. The van der Waals surface area contributed by atoms with E-state index in [4.69, 9.17) is 10.2 Å². The highest BCUT2D eigenvalue weighted by molar-refractivity contribution is 6.23. The van der Waals surface area contributed by atoms with Crippen LogP contribution in [0.4, 0.5) is 5.69 Å². The molecule has 0 aliphatic carbocycles. The third-order valence-corrected chi connectivity index (χ3v) is 2.85. The van der Waals surface area contributed by atoms with E-state index in [1.54, 1.807) is 0 Å². The third-order valence-electron chi connectivity index (χ3n) is 2.85. The van der Waals surface area contributed by atoms with Crippen LogP contribution in [0.1, 0.15) is 20.7 Å². The molecule has 2 N–H and O–H groups in total. The molecule has 2 amide bonds. The van der Waals surface area contributed by atoms with Crippen LogP contribution in [0.3, 0.4) is 0 Å². The smallest absolute Gasteiger partial charge is 0.329 e. The molecule has 1 aliphatic rings. The van der Waals surface area contributed by atoms with E-state index in [0.29, 0.717) is 4.90 Å². The first-order valence-corrected chi connectivity index (χ1v) is 5.44. The average molecular weight is 276 g/mol. The number of aliphatic hydroxyl groups excluding tert-OH is 1. The quantitative estimate of drug-likeness (QED) is 0.441. The van der Waals surface area contributed by atoms with E-state index in [1.165, 1.54) is 24.3 Å². The van der Waals surface area contributed by atoms with Crippen molar-refractivity contribution in [2.24, 2.45) is 4.99 Å². The summed E-state index contributed by atoms with van der Waals surface area (Å²) in [6, 6.07) is 2.13. The highest BCUT2D eigenvalue weighted by atomic mass is 16.4.